The maximum atomic E-state index is 12.7. The van der Waals surface area contributed by atoms with Crippen LogP contribution in [0.4, 0.5) is 0 Å². The number of benzene rings is 2. The topological polar surface area (TPSA) is 71.5 Å². The van der Waals surface area contributed by atoms with Crippen molar-refractivity contribution in [2.24, 2.45) is 0 Å². The first-order valence-electron chi connectivity index (χ1n) is 10.9. The van der Waals surface area contributed by atoms with Crippen molar-refractivity contribution >= 4 is 23.2 Å². The van der Waals surface area contributed by atoms with E-state index < -0.39 is 0 Å². The maximum Gasteiger partial charge on any atom is 0.270 e. The predicted octanol–water partition coefficient (Wildman–Crippen LogP) is 4.36. The Balaban J connectivity index is 1.57. The molecule has 0 spiro atoms. The second-order valence-electron chi connectivity index (χ2n) is 7.64. The van der Waals surface area contributed by atoms with E-state index in [9.17, 15) is 9.59 Å². The molecule has 0 saturated heterocycles. The van der Waals surface area contributed by atoms with E-state index in [0.717, 1.165) is 28.3 Å². The lowest BCUT2D eigenvalue weighted by molar-refractivity contribution is -0.132. The van der Waals surface area contributed by atoms with E-state index in [-0.39, 0.29) is 24.5 Å². The molecule has 0 radical (unpaired) electrons. The average molecular weight is 450 g/mol. The van der Waals surface area contributed by atoms with Crippen LogP contribution in [-0.2, 0) is 17.8 Å². The Bertz CT molecular complexity index is 1100. The van der Waals surface area contributed by atoms with E-state index in [1.165, 1.54) is 16.9 Å². The number of amides is 2. The van der Waals surface area contributed by atoms with E-state index in [0.29, 0.717) is 25.2 Å². The molecule has 0 fully saturated rings. The summed E-state index contributed by atoms with van der Waals surface area (Å²) in [5, 5.41) is 5.24. The molecule has 0 saturated carbocycles. The van der Waals surface area contributed by atoms with Crippen molar-refractivity contribution in [1.29, 1.82) is 0 Å². The Morgan fingerprint density at radius 3 is 2.75 bits per heavy atom. The summed E-state index contributed by atoms with van der Waals surface area (Å²) in [5.41, 5.74) is 3.85. The molecule has 1 aromatic heterocycles. The molecule has 166 valence electrons. The van der Waals surface area contributed by atoms with E-state index in [1.807, 2.05) is 49.1 Å². The monoisotopic (exact) mass is 449 g/mol. The van der Waals surface area contributed by atoms with Gasteiger partial charge in [0.1, 0.15) is 23.1 Å². The number of hydrogen-bond donors (Lipinski definition) is 1. The minimum Gasteiger partial charge on any atom is -0.486 e. The predicted molar refractivity (Wildman–Crippen MR) is 125 cm³/mol. The van der Waals surface area contributed by atoms with Crippen LogP contribution in [-0.4, -0.2) is 34.8 Å². The first-order valence-corrected chi connectivity index (χ1v) is 11.8. The number of thiazole rings is 1. The first kappa shape index (κ1) is 22.0. The third-order valence-electron chi connectivity index (χ3n) is 5.57. The van der Waals surface area contributed by atoms with Crippen molar-refractivity contribution in [1.82, 2.24) is 15.2 Å². The fourth-order valence-electron chi connectivity index (χ4n) is 4.03. The fourth-order valence-corrected chi connectivity index (χ4v) is 4.71. The summed E-state index contributed by atoms with van der Waals surface area (Å²) < 4.78 is 6.03. The molecule has 32 heavy (non-hydrogen) atoms. The third kappa shape index (κ3) is 4.67. The van der Waals surface area contributed by atoms with Gasteiger partial charge in [-0.05, 0) is 42.2 Å². The Morgan fingerprint density at radius 2 is 2.00 bits per heavy atom. The van der Waals surface area contributed by atoms with Crippen molar-refractivity contribution in [3.05, 3.63) is 81.3 Å². The number of ether oxygens (including phenoxy) is 1. The van der Waals surface area contributed by atoms with Gasteiger partial charge in [-0.2, -0.15) is 0 Å². The number of fused-ring (bicyclic) bond motifs is 1. The van der Waals surface area contributed by atoms with Gasteiger partial charge >= 0.3 is 0 Å². The van der Waals surface area contributed by atoms with E-state index in [4.69, 9.17) is 4.74 Å². The molecule has 2 amide bonds. The van der Waals surface area contributed by atoms with Gasteiger partial charge in [-0.1, -0.05) is 43.3 Å². The number of carbonyl (C=O) groups is 2. The van der Waals surface area contributed by atoms with Crippen molar-refractivity contribution in [3.63, 3.8) is 0 Å². The summed E-state index contributed by atoms with van der Waals surface area (Å²) in [5.74, 6) is 0.705. The Kier molecular flexibility index (Phi) is 6.85. The first-order chi connectivity index (χ1) is 15.6. The van der Waals surface area contributed by atoms with E-state index in [1.54, 1.807) is 5.38 Å². The van der Waals surface area contributed by atoms with Crippen LogP contribution in [0.5, 0.6) is 5.75 Å². The highest BCUT2D eigenvalue weighted by molar-refractivity contribution is 7.09. The van der Waals surface area contributed by atoms with Crippen LogP contribution in [0.25, 0.3) is 0 Å². The second-order valence-corrected chi connectivity index (χ2v) is 8.58. The summed E-state index contributed by atoms with van der Waals surface area (Å²) in [4.78, 5) is 31.0. The summed E-state index contributed by atoms with van der Waals surface area (Å²) in [6.07, 6.45) is 1.31. The summed E-state index contributed by atoms with van der Waals surface area (Å²) in [7, 11) is 0. The molecule has 1 aliphatic rings. The lowest BCUT2D eigenvalue weighted by atomic mass is 9.87. The van der Waals surface area contributed by atoms with Crippen LogP contribution in [0, 0.1) is 0 Å². The van der Waals surface area contributed by atoms with Crippen LogP contribution < -0.4 is 10.1 Å². The molecular formula is C25H27N3O3S. The summed E-state index contributed by atoms with van der Waals surface area (Å²) in [6, 6.07) is 16.1. The van der Waals surface area contributed by atoms with Gasteiger partial charge in [0.15, 0.2) is 0 Å². The molecule has 1 unspecified atom stereocenters. The standard InChI is InChI=1S/C25H27N3O3S/c1-3-23(29)28-13-12-17-10-11-19(14-20(17)24(28)18-8-6-5-7-9-18)31-15-22-27-21(16-32-22)25(30)26-4-2/h5-11,14,16,24H,3-4,12-13,15H2,1-2H3,(H,26,30). The highest BCUT2D eigenvalue weighted by atomic mass is 32.1. The number of nitrogens with zero attached hydrogens (tertiary/aromatic N) is 2. The molecule has 4 rings (SSSR count). The highest BCUT2D eigenvalue weighted by Crippen LogP contribution is 2.37. The molecule has 1 atom stereocenters. The fraction of sp³-hybridized carbons (Fsp3) is 0.320. The zero-order chi connectivity index (χ0) is 22.5. The molecule has 0 aliphatic carbocycles. The molecule has 1 aliphatic heterocycles. The van der Waals surface area contributed by atoms with Crippen LogP contribution in [0.2, 0.25) is 0 Å². The Hall–Kier alpha value is -3.19. The summed E-state index contributed by atoms with van der Waals surface area (Å²) in [6.45, 7) is 5.35. The Morgan fingerprint density at radius 1 is 1.19 bits per heavy atom. The Labute approximate surface area is 192 Å². The molecule has 6 nitrogen and oxygen atoms in total. The molecular weight excluding hydrogens is 422 g/mol. The van der Waals surface area contributed by atoms with Crippen molar-refractivity contribution in [2.75, 3.05) is 13.1 Å². The van der Waals surface area contributed by atoms with Crippen LogP contribution in [0.1, 0.15) is 58.5 Å². The molecule has 2 aromatic carbocycles. The third-order valence-corrected chi connectivity index (χ3v) is 6.39. The zero-order valence-corrected chi connectivity index (χ0v) is 19.2. The second kappa shape index (κ2) is 9.96. The van der Waals surface area contributed by atoms with Crippen molar-refractivity contribution < 1.29 is 14.3 Å². The van der Waals surface area contributed by atoms with E-state index in [2.05, 4.69) is 28.5 Å². The van der Waals surface area contributed by atoms with Crippen LogP contribution in [0.3, 0.4) is 0 Å². The van der Waals surface area contributed by atoms with Crippen LogP contribution in [0.15, 0.2) is 53.9 Å². The van der Waals surface area contributed by atoms with E-state index >= 15 is 0 Å². The van der Waals surface area contributed by atoms with Gasteiger partial charge in [0.05, 0.1) is 6.04 Å². The van der Waals surface area contributed by atoms with Gasteiger partial charge in [-0.25, -0.2) is 4.98 Å². The zero-order valence-electron chi connectivity index (χ0n) is 18.3. The molecule has 3 aromatic rings. The van der Waals surface area contributed by atoms with Crippen molar-refractivity contribution in [2.45, 2.75) is 39.3 Å². The molecule has 2 heterocycles. The van der Waals surface area contributed by atoms with Gasteiger partial charge in [0.25, 0.3) is 5.91 Å². The SMILES string of the molecule is CCNC(=O)c1csc(COc2ccc3c(c2)C(c2ccccc2)N(C(=O)CC)CC3)n1. The number of carbonyl (C=O) groups excluding carboxylic acids is 2. The normalized spacial score (nSPS) is 15.2. The quantitative estimate of drug-likeness (QED) is 0.582. The smallest absolute Gasteiger partial charge is 0.270 e. The lowest BCUT2D eigenvalue weighted by Crippen LogP contribution is -2.40. The van der Waals surface area contributed by atoms with Gasteiger partial charge < -0.3 is 15.0 Å². The lowest BCUT2D eigenvalue weighted by Gasteiger charge is -2.38. The highest BCUT2D eigenvalue weighted by Gasteiger charge is 2.31. The number of nitrogens with one attached hydrogen (secondary N) is 1. The maximum absolute atomic E-state index is 12.7. The van der Waals surface area contributed by atoms with Gasteiger partial charge in [0.2, 0.25) is 5.91 Å². The molecule has 7 heteroatoms. The minimum atomic E-state index is -0.171. The van der Waals surface area contributed by atoms with Gasteiger partial charge in [-0.3, -0.25) is 9.59 Å². The molecule has 0 bridgehead atoms. The van der Waals surface area contributed by atoms with Gasteiger partial charge in [-0.15, -0.1) is 11.3 Å². The number of aromatic nitrogens is 1. The van der Waals surface area contributed by atoms with Crippen molar-refractivity contribution in [3.8, 4) is 5.75 Å². The number of hydrogen-bond acceptors (Lipinski definition) is 5. The largest absolute Gasteiger partial charge is 0.486 e. The minimum absolute atomic E-state index is 0.125. The van der Waals surface area contributed by atoms with Gasteiger partial charge in [0, 0.05) is 24.9 Å². The summed E-state index contributed by atoms with van der Waals surface area (Å²) >= 11 is 1.41. The van der Waals surface area contributed by atoms with Crippen LogP contribution >= 0.6 is 11.3 Å². The number of rotatable bonds is 7. The molecule has 1 N–H and O–H groups in total. The average Bonchev–Trinajstić information content (AvgIpc) is 3.31.